The van der Waals surface area contributed by atoms with Gasteiger partial charge < -0.3 is 4.43 Å². The molecule has 0 aromatic carbocycles. The second kappa shape index (κ2) is 10.7. The van der Waals surface area contributed by atoms with Crippen LogP contribution in [0.25, 0.3) is 0 Å². The fourth-order valence-electron chi connectivity index (χ4n) is 2.08. The average Bonchev–Trinajstić information content (AvgIpc) is 2.46. The number of carbonyl (C=O) groups is 1. The van der Waals surface area contributed by atoms with Crippen molar-refractivity contribution < 1.29 is 9.22 Å². The molecule has 0 amide bonds. The van der Waals surface area contributed by atoms with Gasteiger partial charge in [0.15, 0.2) is 8.32 Å². The van der Waals surface area contributed by atoms with Crippen LogP contribution in [0.4, 0.5) is 0 Å². The van der Waals surface area contributed by atoms with Gasteiger partial charge in [0.1, 0.15) is 5.78 Å². The molecule has 4 heteroatoms. The van der Waals surface area contributed by atoms with E-state index in [1.165, 1.54) is 0 Å². The molecule has 146 valence electrons. The summed E-state index contributed by atoms with van der Waals surface area (Å²) in [6.45, 7) is 19.4. The van der Waals surface area contributed by atoms with Crippen LogP contribution in [-0.4, -0.2) is 20.2 Å². The fraction of sp³-hybridized carbons (Fsp3) is 0.762. The lowest BCUT2D eigenvalue weighted by Crippen LogP contribution is -2.43. The van der Waals surface area contributed by atoms with Gasteiger partial charge in [0, 0.05) is 17.4 Å². The van der Waals surface area contributed by atoms with Gasteiger partial charge in [-0.2, -0.15) is 0 Å². The number of halogens is 1. The number of hydrogen-bond donors (Lipinski definition) is 0. The molecule has 0 aliphatic rings. The van der Waals surface area contributed by atoms with E-state index in [2.05, 4.69) is 53.8 Å². The third-order valence-corrected chi connectivity index (χ3v) is 10.0. The third-order valence-electron chi connectivity index (χ3n) is 5.32. The molecule has 0 bridgehead atoms. The van der Waals surface area contributed by atoms with E-state index in [0.29, 0.717) is 18.1 Å². The molecule has 0 radical (unpaired) electrons. The Hall–Kier alpha value is -0.383. The van der Waals surface area contributed by atoms with E-state index >= 15 is 0 Å². The maximum atomic E-state index is 12.1. The number of allylic oxidation sites excluding steroid dienone is 2. The van der Waals surface area contributed by atoms with E-state index < -0.39 is 8.32 Å². The number of ketones is 1. The summed E-state index contributed by atoms with van der Waals surface area (Å²) >= 11 is 6.00. The highest BCUT2D eigenvalue weighted by Gasteiger charge is 2.38. The second-order valence-corrected chi connectivity index (χ2v) is 14.3. The molecule has 0 heterocycles. The van der Waals surface area contributed by atoms with Gasteiger partial charge in [-0.1, -0.05) is 71.4 Å². The molecular formula is C21H39ClO2Si. The monoisotopic (exact) mass is 386 g/mol. The van der Waals surface area contributed by atoms with Gasteiger partial charge >= 0.3 is 0 Å². The Morgan fingerprint density at radius 3 is 2.12 bits per heavy atom. The topological polar surface area (TPSA) is 26.3 Å². The van der Waals surface area contributed by atoms with Crippen LogP contribution >= 0.6 is 11.6 Å². The molecule has 0 fully saturated rings. The van der Waals surface area contributed by atoms with E-state index in [4.69, 9.17) is 16.0 Å². The highest BCUT2D eigenvalue weighted by molar-refractivity contribution is 6.74. The maximum absolute atomic E-state index is 12.1. The van der Waals surface area contributed by atoms with Gasteiger partial charge in [-0.05, 0) is 43.8 Å². The van der Waals surface area contributed by atoms with Crippen LogP contribution in [-0.2, 0) is 9.22 Å². The summed E-state index contributed by atoms with van der Waals surface area (Å²) in [4.78, 5) is 12.1. The highest BCUT2D eigenvalue weighted by atomic mass is 35.5. The van der Waals surface area contributed by atoms with Crippen molar-refractivity contribution in [3.8, 4) is 0 Å². The van der Waals surface area contributed by atoms with Gasteiger partial charge in [0.2, 0.25) is 0 Å². The summed E-state index contributed by atoms with van der Waals surface area (Å²) in [5.74, 6) is 0.822. The normalized spacial score (nSPS) is 16.5. The minimum atomic E-state index is -1.83. The molecule has 0 rings (SSSR count). The van der Waals surface area contributed by atoms with Crippen molar-refractivity contribution in [2.75, 3.05) is 0 Å². The standard InChI is InChI=1S/C21H39ClO2Si/c1-16(2)18(4)20(23)13-11-10-12-19(15-14-17(3)22)24-25(8,9)21(5,6)7/h10-11,14,16,18-19H,12-13,15H2,1-9H3/b11-10-,17-14+/t18-,19+/m0/s1. The van der Waals surface area contributed by atoms with Crippen molar-refractivity contribution in [1.82, 2.24) is 0 Å². The largest absolute Gasteiger partial charge is 0.413 e. The first kappa shape index (κ1) is 24.6. The van der Waals surface area contributed by atoms with Crippen LogP contribution in [0.2, 0.25) is 18.1 Å². The smallest absolute Gasteiger partial charge is 0.192 e. The van der Waals surface area contributed by atoms with Crippen LogP contribution in [0.1, 0.15) is 67.7 Å². The van der Waals surface area contributed by atoms with Gasteiger partial charge in [0.25, 0.3) is 0 Å². The van der Waals surface area contributed by atoms with E-state index in [9.17, 15) is 4.79 Å². The lowest BCUT2D eigenvalue weighted by molar-refractivity contribution is -0.122. The molecule has 0 unspecified atom stereocenters. The van der Waals surface area contributed by atoms with Gasteiger partial charge in [-0.25, -0.2) is 0 Å². The predicted molar refractivity (Wildman–Crippen MR) is 114 cm³/mol. The third kappa shape index (κ3) is 9.77. The first-order valence-electron chi connectivity index (χ1n) is 9.45. The maximum Gasteiger partial charge on any atom is 0.192 e. The number of carbonyl (C=O) groups excluding carboxylic acids is 1. The Morgan fingerprint density at radius 2 is 1.68 bits per heavy atom. The second-order valence-electron chi connectivity index (χ2n) is 8.94. The summed E-state index contributed by atoms with van der Waals surface area (Å²) in [6, 6.07) is 0. The number of rotatable bonds is 10. The molecule has 0 N–H and O–H groups in total. The minimum Gasteiger partial charge on any atom is -0.413 e. The fourth-order valence-corrected chi connectivity index (χ4v) is 3.55. The summed E-state index contributed by atoms with van der Waals surface area (Å²) in [6.07, 6.45) is 8.37. The van der Waals surface area contributed by atoms with Gasteiger partial charge in [-0.3, -0.25) is 4.79 Å². The zero-order valence-corrected chi connectivity index (χ0v) is 19.5. The van der Waals surface area contributed by atoms with E-state index in [1.807, 2.05) is 26.0 Å². The molecule has 0 spiro atoms. The molecule has 0 aliphatic heterocycles. The van der Waals surface area contributed by atoms with E-state index in [-0.39, 0.29) is 17.1 Å². The molecule has 0 saturated carbocycles. The summed E-state index contributed by atoms with van der Waals surface area (Å²) in [5.41, 5.74) is 0. The lowest BCUT2D eigenvalue weighted by Gasteiger charge is -2.39. The first-order valence-corrected chi connectivity index (χ1v) is 12.7. The molecule has 25 heavy (non-hydrogen) atoms. The number of Topliss-reactive ketones (excluding diaryl/α,β-unsaturated/α-hetero) is 1. The lowest BCUT2D eigenvalue weighted by atomic mass is 9.92. The zero-order chi connectivity index (χ0) is 19.8. The number of hydrogen-bond acceptors (Lipinski definition) is 2. The summed E-state index contributed by atoms with van der Waals surface area (Å²) in [5, 5.41) is 0.978. The average molecular weight is 387 g/mol. The van der Waals surface area contributed by atoms with Gasteiger partial charge in [0.05, 0.1) is 6.10 Å². The van der Waals surface area contributed by atoms with Crippen LogP contribution < -0.4 is 0 Å². The molecule has 0 aromatic heterocycles. The molecule has 2 nitrogen and oxygen atoms in total. The van der Waals surface area contributed by atoms with Crippen LogP contribution in [0.5, 0.6) is 0 Å². The Labute approximate surface area is 162 Å². The van der Waals surface area contributed by atoms with Crippen molar-refractivity contribution in [1.29, 1.82) is 0 Å². The molecule has 0 saturated heterocycles. The highest BCUT2D eigenvalue weighted by Crippen LogP contribution is 2.38. The molecular weight excluding hydrogens is 348 g/mol. The summed E-state index contributed by atoms with van der Waals surface area (Å²) < 4.78 is 6.55. The predicted octanol–water partition coefficient (Wildman–Crippen LogP) is 7.11. The first-order chi connectivity index (χ1) is 11.3. The zero-order valence-electron chi connectivity index (χ0n) is 17.8. The van der Waals surface area contributed by atoms with Crippen molar-refractivity contribution in [3.05, 3.63) is 23.3 Å². The summed E-state index contributed by atoms with van der Waals surface area (Å²) in [7, 11) is -1.83. The van der Waals surface area contributed by atoms with Crippen LogP contribution in [0.15, 0.2) is 23.3 Å². The van der Waals surface area contributed by atoms with Crippen molar-refractivity contribution >= 4 is 25.7 Å². The Kier molecular flexibility index (Phi) is 10.5. The van der Waals surface area contributed by atoms with Crippen molar-refractivity contribution in [3.63, 3.8) is 0 Å². The van der Waals surface area contributed by atoms with E-state index in [0.717, 1.165) is 17.9 Å². The SMILES string of the molecule is C/C(Cl)=C\C[C@@H](C/C=C\CC(=O)[C@@H](C)C(C)C)O[Si](C)(C)C(C)(C)C. The quantitative estimate of drug-likeness (QED) is 0.295. The molecule has 0 aromatic rings. The van der Waals surface area contributed by atoms with Gasteiger partial charge in [-0.15, -0.1) is 0 Å². The van der Waals surface area contributed by atoms with Crippen LogP contribution in [0.3, 0.4) is 0 Å². The van der Waals surface area contributed by atoms with Crippen LogP contribution in [0, 0.1) is 11.8 Å². The molecule has 0 aliphatic carbocycles. The van der Waals surface area contributed by atoms with Crippen molar-refractivity contribution in [2.45, 2.75) is 92.0 Å². The Bertz CT molecular complexity index is 469. The molecule has 2 atom stereocenters. The Morgan fingerprint density at radius 1 is 1.12 bits per heavy atom. The van der Waals surface area contributed by atoms with E-state index in [1.54, 1.807) is 0 Å². The van der Waals surface area contributed by atoms with Crippen molar-refractivity contribution in [2.24, 2.45) is 11.8 Å². The Balaban J connectivity index is 4.83. The minimum absolute atomic E-state index is 0.114.